The molecular formula is C26H26F3N5O. The van der Waals surface area contributed by atoms with Crippen LogP contribution in [0.3, 0.4) is 0 Å². The number of carbonyl (C=O) groups excluding carboxylic acids is 1. The molecule has 0 bridgehead atoms. The summed E-state index contributed by atoms with van der Waals surface area (Å²) in [6, 6.07) is 8.72. The quantitative estimate of drug-likeness (QED) is 0.426. The number of nitrogens with two attached hydrogens (primary N) is 1. The Labute approximate surface area is 201 Å². The van der Waals surface area contributed by atoms with Gasteiger partial charge in [-0.3, -0.25) is 4.79 Å². The molecule has 4 rings (SSSR count). The second kappa shape index (κ2) is 9.05. The summed E-state index contributed by atoms with van der Waals surface area (Å²) in [6.07, 6.45) is 3.36. The lowest BCUT2D eigenvalue weighted by Crippen LogP contribution is -2.22. The van der Waals surface area contributed by atoms with Crippen molar-refractivity contribution in [3.05, 3.63) is 78.3 Å². The number of alkyl halides is 3. The zero-order valence-corrected chi connectivity index (χ0v) is 19.5. The Hall–Kier alpha value is -3.88. The van der Waals surface area contributed by atoms with Crippen LogP contribution >= 0.6 is 0 Å². The summed E-state index contributed by atoms with van der Waals surface area (Å²) in [5.41, 5.74) is 7.13. The zero-order chi connectivity index (χ0) is 25.4. The minimum absolute atomic E-state index is 0.000177. The third-order valence-corrected chi connectivity index (χ3v) is 6.17. The molecule has 6 nitrogen and oxygen atoms in total. The van der Waals surface area contributed by atoms with Gasteiger partial charge in [-0.1, -0.05) is 50.8 Å². The number of imidazole rings is 1. The van der Waals surface area contributed by atoms with Gasteiger partial charge in [0.1, 0.15) is 5.70 Å². The number of anilines is 1. The maximum atomic E-state index is 13.3. The first-order valence-electron chi connectivity index (χ1n) is 11.2. The first-order valence-corrected chi connectivity index (χ1v) is 11.2. The number of nitrogens with zero attached hydrogens (tertiary/aromatic N) is 3. The van der Waals surface area contributed by atoms with Crippen LogP contribution in [0.15, 0.2) is 67.0 Å². The molecule has 0 aliphatic heterocycles. The van der Waals surface area contributed by atoms with E-state index in [2.05, 4.69) is 22.0 Å². The number of allylic oxidation sites excluding steroid dienone is 5. The molecule has 0 atom stereocenters. The van der Waals surface area contributed by atoms with Crippen LogP contribution < -0.4 is 11.1 Å². The number of amides is 1. The summed E-state index contributed by atoms with van der Waals surface area (Å²) in [5.74, 6) is -0.000177. The molecular weight excluding hydrogens is 455 g/mol. The third kappa shape index (κ3) is 4.99. The summed E-state index contributed by atoms with van der Waals surface area (Å²) < 4.78 is 41.3. The van der Waals surface area contributed by atoms with E-state index in [0.29, 0.717) is 11.3 Å². The second-order valence-electron chi connectivity index (χ2n) is 8.81. The van der Waals surface area contributed by atoms with Crippen LogP contribution in [-0.4, -0.2) is 26.7 Å². The van der Waals surface area contributed by atoms with E-state index in [0.717, 1.165) is 36.1 Å². The molecule has 1 aliphatic carbocycles. The highest BCUT2D eigenvalue weighted by Crippen LogP contribution is 2.46. The van der Waals surface area contributed by atoms with E-state index in [-0.39, 0.29) is 22.6 Å². The molecule has 1 aromatic carbocycles. The molecule has 182 valence electrons. The van der Waals surface area contributed by atoms with Gasteiger partial charge in [-0.15, -0.1) is 0 Å². The van der Waals surface area contributed by atoms with Gasteiger partial charge in [0.15, 0.2) is 5.65 Å². The number of aromatic nitrogens is 3. The number of fused-ring (bicyclic) bond motifs is 1. The predicted molar refractivity (Wildman–Crippen MR) is 130 cm³/mol. The first-order chi connectivity index (χ1) is 16.6. The van der Waals surface area contributed by atoms with Gasteiger partial charge in [0.05, 0.1) is 17.6 Å². The van der Waals surface area contributed by atoms with Crippen molar-refractivity contribution in [1.82, 2.24) is 14.6 Å². The predicted octanol–water partition coefficient (Wildman–Crippen LogP) is 5.67. The Morgan fingerprint density at radius 3 is 2.66 bits per heavy atom. The van der Waals surface area contributed by atoms with Crippen LogP contribution in [0.1, 0.15) is 37.9 Å². The number of hydrogen-bond acceptors (Lipinski definition) is 4. The highest BCUT2D eigenvalue weighted by Gasteiger charge is 2.45. The SMILES string of the molecule is C=C/C=C\C(=C(/N)C(F)(F)F)c1ccc2nc(-c3ccc(CC)c(NC(=O)C4(C)CC4)c3)cn2n1. The third-order valence-electron chi connectivity index (χ3n) is 6.17. The molecule has 1 saturated carbocycles. The molecule has 1 fully saturated rings. The lowest BCUT2D eigenvalue weighted by molar-refractivity contribution is -0.120. The highest BCUT2D eigenvalue weighted by atomic mass is 19.4. The van der Waals surface area contributed by atoms with E-state index >= 15 is 0 Å². The first kappa shape index (κ1) is 24.3. The van der Waals surface area contributed by atoms with Gasteiger partial charge in [-0.05, 0) is 43.0 Å². The topological polar surface area (TPSA) is 85.3 Å². The van der Waals surface area contributed by atoms with Gasteiger partial charge in [0.2, 0.25) is 5.91 Å². The van der Waals surface area contributed by atoms with E-state index in [9.17, 15) is 18.0 Å². The lowest BCUT2D eigenvalue weighted by atomic mass is 10.0. The van der Waals surface area contributed by atoms with Gasteiger partial charge in [0, 0.05) is 22.2 Å². The van der Waals surface area contributed by atoms with E-state index in [4.69, 9.17) is 5.73 Å². The fraction of sp³-hybridized carbons (Fsp3) is 0.269. The van der Waals surface area contributed by atoms with Gasteiger partial charge in [-0.2, -0.15) is 18.3 Å². The highest BCUT2D eigenvalue weighted by molar-refractivity contribution is 5.98. The van der Waals surface area contributed by atoms with Crippen molar-refractivity contribution < 1.29 is 18.0 Å². The normalized spacial score (nSPS) is 15.8. The molecule has 3 aromatic rings. The molecule has 35 heavy (non-hydrogen) atoms. The Bertz CT molecular complexity index is 1360. The molecule has 0 unspecified atom stereocenters. The molecule has 3 N–H and O–H groups in total. The Balaban J connectivity index is 1.73. The van der Waals surface area contributed by atoms with Gasteiger partial charge < -0.3 is 11.1 Å². The number of rotatable bonds is 7. The van der Waals surface area contributed by atoms with E-state index in [1.54, 1.807) is 12.3 Å². The average molecular weight is 482 g/mol. The summed E-state index contributed by atoms with van der Waals surface area (Å²) in [4.78, 5) is 17.2. The van der Waals surface area contributed by atoms with Crippen LogP contribution in [0.5, 0.6) is 0 Å². The number of benzene rings is 1. The van der Waals surface area contributed by atoms with Gasteiger partial charge in [0.25, 0.3) is 0 Å². The minimum Gasteiger partial charge on any atom is -0.394 e. The summed E-state index contributed by atoms with van der Waals surface area (Å²) >= 11 is 0. The smallest absolute Gasteiger partial charge is 0.394 e. The molecule has 0 saturated heterocycles. The molecule has 0 spiro atoms. The Kier molecular flexibility index (Phi) is 6.27. The molecule has 1 amide bonds. The fourth-order valence-corrected chi connectivity index (χ4v) is 3.64. The number of nitrogens with one attached hydrogen (secondary N) is 1. The number of halogens is 3. The van der Waals surface area contributed by atoms with Crippen molar-refractivity contribution in [2.75, 3.05) is 5.32 Å². The second-order valence-corrected chi connectivity index (χ2v) is 8.81. The Morgan fingerprint density at radius 2 is 2.03 bits per heavy atom. The van der Waals surface area contributed by atoms with Crippen molar-refractivity contribution in [1.29, 1.82) is 0 Å². The van der Waals surface area contributed by atoms with Gasteiger partial charge in [-0.25, -0.2) is 9.50 Å². The number of hydrogen-bond donors (Lipinski definition) is 2. The summed E-state index contributed by atoms with van der Waals surface area (Å²) in [7, 11) is 0. The maximum Gasteiger partial charge on any atom is 0.431 e. The van der Waals surface area contributed by atoms with Crippen LogP contribution in [0.2, 0.25) is 0 Å². The largest absolute Gasteiger partial charge is 0.431 e. The summed E-state index contributed by atoms with van der Waals surface area (Å²) in [5, 5.41) is 7.36. The van der Waals surface area contributed by atoms with Gasteiger partial charge >= 0.3 is 6.18 Å². The van der Waals surface area contributed by atoms with Crippen LogP contribution in [0, 0.1) is 5.41 Å². The van der Waals surface area contributed by atoms with Crippen LogP contribution in [0.25, 0.3) is 22.5 Å². The molecule has 2 aromatic heterocycles. The van der Waals surface area contributed by atoms with Crippen molar-refractivity contribution in [3.63, 3.8) is 0 Å². The zero-order valence-electron chi connectivity index (χ0n) is 19.5. The van der Waals surface area contributed by atoms with Crippen LogP contribution in [0.4, 0.5) is 18.9 Å². The molecule has 9 heteroatoms. The van der Waals surface area contributed by atoms with Crippen molar-refractivity contribution >= 4 is 22.8 Å². The van der Waals surface area contributed by atoms with E-state index in [1.807, 2.05) is 32.0 Å². The monoisotopic (exact) mass is 481 g/mol. The number of carbonyl (C=O) groups is 1. The fourth-order valence-electron chi connectivity index (χ4n) is 3.64. The number of aryl methyl sites for hydroxylation is 1. The van der Waals surface area contributed by atoms with Crippen molar-refractivity contribution in [2.24, 2.45) is 11.1 Å². The minimum atomic E-state index is -4.71. The molecule has 1 aliphatic rings. The van der Waals surface area contributed by atoms with Crippen molar-refractivity contribution in [2.45, 2.75) is 39.3 Å². The summed E-state index contributed by atoms with van der Waals surface area (Å²) in [6.45, 7) is 7.45. The molecule has 2 heterocycles. The van der Waals surface area contributed by atoms with Crippen LogP contribution in [-0.2, 0) is 11.2 Å². The molecule has 0 radical (unpaired) electrons. The van der Waals surface area contributed by atoms with E-state index < -0.39 is 11.9 Å². The standard InChI is InChI=1S/C26H26F3N5O/c1-4-6-7-18(23(30)26(27,28)29)19-10-11-22-31-21(15-34(22)33-19)17-9-8-16(5-2)20(14-17)32-24(35)25(3)12-13-25/h4,6-11,14-15H,1,5,12-13,30H2,2-3H3,(H,32,35)/b7-6-,23-18+. The average Bonchev–Trinajstić information content (AvgIpc) is 3.43. The van der Waals surface area contributed by atoms with E-state index in [1.165, 1.54) is 28.8 Å². The maximum absolute atomic E-state index is 13.3. The van der Waals surface area contributed by atoms with Crippen molar-refractivity contribution in [3.8, 4) is 11.3 Å². The lowest BCUT2D eigenvalue weighted by Gasteiger charge is -2.14. The Morgan fingerprint density at radius 1 is 1.29 bits per heavy atom.